The molecule has 0 aliphatic carbocycles. The van der Waals surface area contributed by atoms with Crippen molar-refractivity contribution in [3.63, 3.8) is 0 Å². The molecule has 24 heavy (non-hydrogen) atoms. The summed E-state index contributed by atoms with van der Waals surface area (Å²) in [6.07, 6.45) is 0. The van der Waals surface area contributed by atoms with Crippen LogP contribution in [0.2, 0.25) is 0 Å². The van der Waals surface area contributed by atoms with Gasteiger partial charge in [0.05, 0.1) is 12.3 Å². The molecular formula is C14H12N4O6. The third kappa shape index (κ3) is 3.27. The van der Waals surface area contributed by atoms with E-state index in [9.17, 15) is 19.7 Å². The first-order chi connectivity index (χ1) is 11.5. The monoisotopic (exact) mass is 332 g/mol. The Labute approximate surface area is 134 Å². The molecule has 0 aliphatic rings. The second kappa shape index (κ2) is 7.13. The van der Waals surface area contributed by atoms with Crippen LogP contribution in [0.25, 0.3) is 11.3 Å². The van der Waals surface area contributed by atoms with E-state index in [0.29, 0.717) is 5.56 Å². The van der Waals surface area contributed by atoms with Crippen molar-refractivity contribution in [1.82, 2.24) is 9.97 Å². The van der Waals surface area contributed by atoms with Crippen molar-refractivity contribution in [3.8, 4) is 11.3 Å². The minimum Gasteiger partial charge on any atom is -0.462 e. The Bertz CT molecular complexity index is 859. The Hall–Kier alpha value is -3.56. The molecule has 0 unspecified atom stereocenters. The topological polar surface area (TPSA) is 148 Å². The molecule has 0 bridgehead atoms. The number of nitrogens with zero attached hydrogens (tertiary/aromatic N) is 3. The van der Waals surface area contributed by atoms with Crippen LogP contribution in [0.4, 0.5) is 0 Å². The predicted octanol–water partition coefficient (Wildman–Crippen LogP) is 1.03. The van der Waals surface area contributed by atoms with Gasteiger partial charge in [-0.15, -0.1) is 0 Å². The number of amidine groups is 1. The summed E-state index contributed by atoms with van der Waals surface area (Å²) in [5.41, 5.74) is -1.64. The van der Waals surface area contributed by atoms with E-state index in [1.54, 1.807) is 37.3 Å². The molecule has 2 rings (SSSR count). The number of aromatic amines is 1. The van der Waals surface area contributed by atoms with Crippen LogP contribution < -0.4 is 5.69 Å². The summed E-state index contributed by atoms with van der Waals surface area (Å²) in [6, 6.07) is 8.12. The maximum Gasteiger partial charge on any atom is 0.434 e. The van der Waals surface area contributed by atoms with Gasteiger partial charge in [-0.2, -0.15) is 4.98 Å². The molecule has 124 valence electrons. The molecule has 0 saturated heterocycles. The summed E-state index contributed by atoms with van der Waals surface area (Å²) in [6.45, 7) is 1.54. The van der Waals surface area contributed by atoms with Gasteiger partial charge in [-0.25, -0.2) is 9.59 Å². The summed E-state index contributed by atoms with van der Waals surface area (Å²) in [5, 5.41) is 22.5. The Morgan fingerprint density at radius 3 is 2.62 bits per heavy atom. The summed E-state index contributed by atoms with van der Waals surface area (Å²) in [7, 11) is 0. The van der Waals surface area contributed by atoms with Gasteiger partial charge in [0.15, 0.2) is 10.8 Å². The SMILES string of the molecule is CCOC(=O)c1c(-c2ccccc2)nc(=O)[nH]c1/C(=N/O)[N+](=O)[O-]. The second-order valence-corrected chi connectivity index (χ2v) is 4.41. The van der Waals surface area contributed by atoms with E-state index in [-0.39, 0.29) is 17.9 Å². The lowest BCUT2D eigenvalue weighted by Gasteiger charge is -2.10. The number of esters is 1. The van der Waals surface area contributed by atoms with E-state index in [1.165, 1.54) is 0 Å². The van der Waals surface area contributed by atoms with Gasteiger partial charge in [0.2, 0.25) is 0 Å². The molecule has 0 fully saturated rings. The van der Waals surface area contributed by atoms with E-state index in [4.69, 9.17) is 9.94 Å². The number of H-pyrrole nitrogens is 1. The van der Waals surface area contributed by atoms with Gasteiger partial charge in [0.25, 0.3) is 0 Å². The number of rotatable bonds is 4. The van der Waals surface area contributed by atoms with Crippen LogP contribution in [0.3, 0.4) is 0 Å². The van der Waals surface area contributed by atoms with Crippen LogP contribution in [-0.2, 0) is 4.74 Å². The smallest absolute Gasteiger partial charge is 0.434 e. The highest BCUT2D eigenvalue weighted by Gasteiger charge is 2.31. The number of benzene rings is 1. The van der Waals surface area contributed by atoms with E-state index in [1.807, 2.05) is 0 Å². The lowest BCUT2D eigenvalue weighted by Crippen LogP contribution is -2.27. The molecule has 2 N–H and O–H groups in total. The zero-order valence-corrected chi connectivity index (χ0v) is 12.4. The minimum absolute atomic E-state index is 0.00427. The number of aromatic nitrogens is 2. The first-order valence-electron chi connectivity index (χ1n) is 6.73. The molecule has 0 radical (unpaired) electrons. The number of nitro groups is 1. The van der Waals surface area contributed by atoms with Crippen molar-refractivity contribution in [1.29, 1.82) is 0 Å². The molecule has 10 nitrogen and oxygen atoms in total. The van der Waals surface area contributed by atoms with Gasteiger partial charge < -0.3 is 20.1 Å². The van der Waals surface area contributed by atoms with Gasteiger partial charge in [-0.1, -0.05) is 30.3 Å². The van der Waals surface area contributed by atoms with Gasteiger partial charge in [-0.05, 0) is 11.8 Å². The Kier molecular flexibility index (Phi) is 5.00. The number of hydrogen-bond acceptors (Lipinski definition) is 8. The second-order valence-electron chi connectivity index (χ2n) is 4.41. The highest BCUT2D eigenvalue weighted by Crippen LogP contribution is 2.23. The van der Waals surface area contributed by atoms with Gasteiger partial charge in [0, 0.05) is 5.56 Å². The van der Waals surface area contributed by atoms with Crippen LogP contribution >= 0.6 is 0 Å². The lowest BCUT2D eigenvalue weighted by molar-refractivity contribution is -0.351. The number of carbonyl (C=O) groups excluding carboxylic acids is 1. The highest BCUT2D eigenvalue weighted by atomic mass is 16.6. The molecule has 1 aromatic carbocycles. The fraction of sp³-hybridized carbons (Fsp3) is 0.143. The largest absolute Gasteiger partial charge is 0.462 e. The lowest BCUT2D eigenvalue weighted by atomic mass is 10.0. The van der Waals surface area contributed by atoms with Crippen molar-refractivity contribution in [2.24, 2.45) is 5.16 Å². The molecule has 0 saturated carbocycles. The third-order valence-electron chi connectivity index (χ3n) is 2.95. The van der Waals surface area contributed by atoms with Crippen molar-refractivity contribution in [2.45, 2.75) is 6.92 Å². The van der Waals surface area contributed by atoms with Crippen LogP contribution in [0.15, 0.2) is 40.3 Å². The number of ether oxygens (including phenoxy) is 1. The summed E-state index contributed by atoms with van der Waals surface area (Å²) < 4.78 is 4.88. The van der Waals surface area contributed by atoms with Crippen molar-refractivity contribution >= 4 is 11.8 Å². The summed E-state index contributed by atoms with van der Waals surface area (Å²) >= 11 is 0. The zero-order chi connectivity index (χ0) is 17.7. The molecule has 1 aromatic heterocycles. The first kappa shape index (κ1) is 16.8. The van der Waals surface area contributed by atoms with E-state index in [2.05, 4.69) is 15.1 Å². The maximum atomic E-state index is 12.3. The van der Waals surface area contributed by atoms with E-state index < -0.39 is 28.1 Å². The predicted molar refractivity (Wildman–Crippen MR) is 81.6 cm³/mol. The van der Waals surface area contributed by atoms with E-state index >= 15 is 0 Å². The molecular weight excluding hydrogens is 320 g/mol. The standard InChI is InChI=1S/C14H12N4O6/c1-2-24-13(19)9-10(8-6-4-3-5-7-8)15-14(20)16-11(9)12(17-21)18(22)23/h3-7,21H,2H2,1H3,(H,15,16,20)/b17-12-. The van der Waals surface area contributed by atoms with Crippen molar-refractivity contribution in [3.05, 3.63) is 62.2 Å². The normalized spacial score (nSPS) is 11.1. The third-order valence-corrected chi connectivity index (χ3v) is 2.95. The number of hydrogen-bond donors (Lipinski definition) is 2. The molecule has 0 aliphatic heterocycles. The molecule has 2 aromatic rings. The van der Waals surface area contributed by atoms with Crippen LogP contribution in [0.5, 0.6) is 0 Å². The average Bonchev–Trinajstić information content (AvgIpc) is 2.55. The fourth-order valence-electron chi connectivity index (χ4n) is 2.03. The van der Waals surface area contributed by atoms with Gasteiger partial charge in [-0.3, -0.25) is 4.98 Å². The van der Waals surface area contributed by atoms with Crippen LogP contribution in [-0.4, -0.2) is 38.5 Å². The highest BCUT2D eigenvalue weighted by molar-refractivity contribution is 6.06. The Balaban J connectivity index is 2.85. The average molecular weight is 332 g/mol. The molecule has 0 atom stereocenters. The maximum absolute atomic E-state index is 12.3. The number of carbonyl (C=O) groups is 1. The van der Waals surface area contributed by atoms with Crippen molar-refractivity contribution in [2.75, 3.05) is 6.61 Å². The first-order valence-corrected chi connectivity index (χ1v) is 6.73. The quantitative estimate of drug-likeness (QED) is 0.212. The number of nitrogens with one attached hydrogen (secondary N) is 1. The summed E-state index contributed by atoms with van der Waals surface area (Å²) in [5.74, 6) is -2.05. The molecule has 0 amide bonds. The molecule has 0 spiro atoms. The Morgan fingerprint density at radius 1 is 1.42 bits per heavy atom. The summed E-state index contributed by atoms with van der Waals surface area (Å²) in [4.78, 5) is 39.8. The van der Waals surface area contributed by atoms with Gasteiger partial charge >= 0.3 is 17.5 Å². The number of oxime groups is 1. The van der Waals surface area contributed by atoms with Crippen LogP contribution in [0.1, 0.15) is 23.0 Å². The van der Waals surface area contributed by atoms with E-state index in [0.717, 1.165) is 0 Å². The minimum atomic E-state index is -1.10. The van der Waals surface area contributed by atoms with Crippen LogP contribution in [0, 0.1) is 10.1 Å². The molecule has 10 heteroatoms. The fourth-order valence-corrected chi connectivity index (χ4v) is 2.03. The zero-order valence-electron chi connectivity index (χ0n) is 12.4. The van der Waals surface area contributed by atoms with Gasteiger partial charge in [0.1, 0.15) is 5.56 Å². The Morgan fingerprint density at radius 2 is 2.08 bits per heavy atom. The van der Waals surface area contributed by atoms with Crippen molar-refractivity contribution < 1.29 is 19.7 Å². The molecule has 1 heterocycles.